The van der Waals surface area contributed by atoms with E-state index in [0.29, 0.717) is 10.6 Å². The second kappa shape index (κ2) is 3.65. The average Bonchev–Trinajstić information content (AvgIpc) is 1.95. The van der Waals surface area contributed by atoms with Crippen molar-refractivity contribution in [2.24, 2.45) is 0 Å². The van der Waals surface area contributed by atoms with E-state index in [4.69, 9.17) is 33.9 Å². The Bertz CT molecular complexity index is 439. The lowest BCUT2D eigenvalue weighted by Crippen LogP contribution is -1.96. The van der Waals surface area contributed by atoms with Crippen LogP contribution in [-0.4, -0.2) is 8.42 Å². The van der Waals surface area contributed by atoms with E-state index in [1.807, 2.05) is 0 Å². The zero-order valence-corrected chi connectivity index (χ0v) is 9.60. The third-order valence-electron chi connectivity index (χ3n) is 1.54. The van der Waals surface area contributed by atoms with E-state index in [2.05, 4.69) is 0 Å². The maximum absolute atomic E-state index is 11.0. The maximum Gasteiger partial charge on any atom is 0.263 e. The molecule has 1 rings (SSSR count). The molecule has 0 aliphatic rings. The quantitative estimate of drug-likeness (QED) is 0.726. The third kappa shape index (κ3) is 2.29. The van der Waals surface area contributed by atoms with E-state index in [-0.39, 0.29) is 9.92 Å². The molecule has 13 heavy (non-hydrogen) atoms. The van der Waals surface area contributed by atoms with Gasteiger partial charge in [-0.05, 0) is 24.6 Å². The van der Waals surface area contributed by atoms with Crippen LogP contribution in [0.1, 0.15) is 5.56 Å². The summed E-state index contributed by atoms with van der Waals surface area (Å²) >= 11 is 11.4. The van der Waals surface area contributed by atoms with Crippen LogP contribution in [0.3, 0.4) is 0 Å². The molecule has 0 spiro atoms. The van der Waals surface area contributed by atoms with Gasteiger partial charge in [-0.3, -0.25) is 0 Å². The smallest absolute Gasteiger partial charge is 0.207 e. The molecule has 0 aromatic heterocycles. The summed E-state index contributed by atoms with van der Waals surface area (Å²) in [6.07, 6.45) is 0. The van der Waals surface area contributed by atoms with Crippen LogP contribution in [0.2, 0.25) is 10.0 Å². The van der Waals surface area contributed by atoms with Gasteiger partial charge in [-0.15, -0.1) is 0 Å². The van der Waals surface area contributed by atoms with Gasteiger partial charge in [0.1, 0.15) is 4.90 Å². The van der Waals surface area contributed by atoms with Crippen LogP contribution in [0.15, 0.2) is 17.0 Å². The number of rotatable bonds is 1. The first-order valence-corrected chi connectivity index (χ1v) is 6.30. The van der Waals surface area contributed by atoms with Crippen LogP contribution in [0.25, 0.3) is 0 Å². The van der Waals surface area contributed by atoms with Crippen molar-refractivity contribution in [1.82, 2.24) is 0 Å². The zero-order valence-electron chi connectivity index (χ0n) is 6.51. The number of halogens is 3. The minimum absolute atomic E-state index is 0.0805. The summed E-state index contributed by atoms with van der Waals surface area (Å²) in [4.78, 5) is -0.122. The van der Waals surface area contributed by atoms with Crippen LogP contribution in [0.5, 0.6) is 0 Å². The molecule has 0 atom stereocenters. The molecule has 0 heterocycles. The predicted octanol–water partition coefficient (Wildman–Crippen LogP) is 3.23. The Hall–Kier alpha value is 0.0400. The topological polar surface area (TPSA) is 34.1 Å². The summed E-state index contributed by atoms with van der Waals surface area (Å²) in [5.41, 5.74) is 0.365. The van der Waals surface area contributed by atoms with E-state index in [1.54, 1.807) is 6.92 Å². The van der Waals surface area contributed by atoms with Gasteiger partial charge >= 0.3 is 0 Å². The van der Waals surface area contributed by atoms with Crippen LogP contribution in [0.4, 0.5) is 0 Å². The fraction of sp³-hybridized carbons (Fsp3) is 0.143. The molecule has 0 N–H and O–H groups in total. The Kier molecular flexibility index (Phi) is 3.12. The molecule has 0 bridgehead atoms. The Morgan fingerprint density at radius 3 is 2.00 bits per heavy atom. The summed E-state index contributed by atoms with van der Waals surface area (Å²) in [7, 11) is 1.34. The van der Waals surface area contributed by atoms with E-state index in [1.165, 1.54) is 12.1 Å². The first kappa shape index (κ1) is 11.1. The summed E-state index contributed by atoms with van der Waals surface area (Å²) in [5.74, 6) is 0. The Labute approximate surface area is 90.8 Å². The fourth-order valence-corrected chi connectivity index (χ4v) is 3.15. The van der Waals surface area contributed by atoms with E-state index < -0.39 is 9.05 Å². The van der Waals surface area contributed by atoms with Gasteiger partial charge in [0.2, 0.25) is 0 Å². The van der Waals surface area contributed by atoms with Crippen LogP contribution < -0.4 is 0 Å². The highest BCUT2D eigenvalue weighted by Crippen LogP contribution is 2.32. The van der Waals surface area contributed by atoms with Crippen molar-refractivity contribution >= 4 is 42.9 Å². The van der Waals surface area contributed by atoms with E-state index in [9.17, 15) is 8.42 Å². The lowest BCUT2D eigenvalue weighted by atomic mass is 10.2. The average molecular weight is 260 g/mol. The molecule has 0 unspecified atom stereocenters. The first-order valence-electron chi connectivity index (χ1n) is 3.23. The SMILES string of the molecule is Cc1c(Cl)ccc(Cl)c1S(=O)(=O)Cl. The molecule has 1 aromatic rings. The highest BCUT2D eigenvalue weighted by Gasteiger charge is 2.19. The second-order valence-electron chi connectivity index (χ2n) is 2.42. The van der Waals surface area contributed by atoms with Crippen LogP contribution in [-0.2, 0) is 9.05 Å². The molecule has 0 radical (unpaired) electrons. The number of benzene rings is 1. The molecule has 0 aliphatic carbocycles. The molecule has 0 amide bonds. The predicted molar refractivity (Wildman–Crippen MR) is 54.2 cm³/mol. The van der Waals surface area contributed by atoms with Crippen LogP contribution >= 0.6 is 33.9 Å². The molecule has 0 fully saturated rings. The molecular weight excluding hydrogens is 255 g/mol. The Balaban J connectivity index is 3.62. The highest BCUT2D eigenvalue weighted by molar-refractivity contribution is 8.13. The van der Waals surface area contributed by atoms with Gasteiger partial charge in [0.15, 0.2) is 0 Å². The van der Waals surface area contributed by atoms with Crippen LogP contribution in [0, 0.1) is 6.92 Å². The molecule has 1 aromatic carbocycles. The number of hydrogen-bond acceptors (Lipinski definition) is 2. The summed E-state index contributed by atoms with van der Waals surface area (Å²) in [5, 5.41) is 0.403. The summed E-state index contributed by atoms with van der Waals surface area (Å²) < 4.78 is 22.1. The van der Waals surface area contributed by atoms with Crippen molar-refractivity contribution in [2.45, 2.75) is 11.8 Å². The van der Waals surface area contributed by atoms with Gasteiger partial charge in [-0.1, -0.05) is 23.2 Å². The van der Waals surface area contributed by atoms with E-state index in [0.717, 1.165) is 0 Å². The Morgan fingerprint density at radius 2 is 1.62 bits per heavy atom. The van der Waals surface area contributed by atoms with Gasteiger partial charge in [0, 0.05) is 15.7 Å². The minimum Gasteiger partial charge on any atom is -0.207 e. The van der Waals surface area contributed by atoms with Gasteiger partial charge in [-0.25, -0.2) is 8.42 Å². The Morgan fingerprint density at radius 1 is 1.15 bits per heavy atom. The van der Waals surface area contributed by atoms with Crippen molar-refractivity contribution in [3.05, 3.63) is 27.7 Å². The molecule has 72 valence electrons. The second-order valence-corrected chi connectivity index (χ2v) is 5.74. The first-order chi connectivity index (χ1) is 5.84. The molecule has 0 saturated heterocycles. The van der Waals surface area contributed by atoms with Crippen molar-refractivity contribution in [2.75, 3.05) is 0 Å². The van der Waals surface area contributed by atoms with Crippen molar-refractivity contribution < 1.29 is 8.42 Å². The summed E-state index contributed by atoms with van der Waals surface area (Å²) in [6, 6.07) is 2.91. The molecule has 0 saturated carbocycles. The molecule has 2 nitrogen and oxygen atoms in total. The monoisotopic (exact) mass is 258 g/mol. The van der Waals surface area contributed by atoms with Gasteiger partial charge in [0.25, 0.3) is 9.05 Å². The lowest BCUT2D eigenvalue weighted by Gasteiger charge is -2.05. The summed E-state index contributed by atoms with van der Waals surface area (Å²) in [6.45, 7) is 1.55. The lowest BCUT2D eigenvalue weighted by molar-refractivity contribution is 0.609. The van der Waals surface area contributed by atoms with Gasteiger partial charge < -0.3 is 0 Å². The minimum atomic E-state index is -3.83. The standard InChI is InChI=1S/C7H5Cl3O2S/c1-4-5(8)2-3-6(9)7(4)13(10,11)12/h2-3H,1H3. The highest BCUT2D eigenvalue weighted by atomic mass is 35.7. The van der Waals surface area contributed by atoms with Crippen molar-refractivity contribution in [3.63, 3.8) is 0 Å². The molecule has 6 heteroatoms. The van der Waals surface area contributed by atoms with Gasteiger partial charge in [0.05, 0.1) is 5.02 Å². The van der Waals surface area contributed by atoms with Crippen molar-refractivity contribution in [1.29, 1.82) is 0 Å². The largest absolute Gasteiger partial charge is 0.263 e. The molecule has 0 aliphatic heterocycles. The zero-order chi connectivity index (χ0) is 10.2. The van der Waals surface area contributed by atoms with Crippen molar-refractivity contribution in [3.8, 4) is 0 Å². The molecular formula is C7H5Cl3O2S. The third-order valence-corrected chi connectivity index (χ3v) is 3.85. The normalized spacial score (nSPS) is 11.7. The number of hydrogen-bond donors (Lipinski definition) is 0. The van der Waals surface area contributed by atoms with E-state index >= 15 is 0 Å². The van der Waals surface area contributed by atoms with Gasteiger partial charge in [-0.2, -0.15) is 0 Å². The maximum atomic E-state index is 11.0. The fourth-order valence-electron chi connectivity index (χ4n) is 0.934.